The first-order valence-electron chi connectivity index (χ1n) is 19.0. The highest BCUT2D eigenvalue weighted by Gasteiger charge is 2.18. The van der Waals surface area contributed by atoms with Crippen molar-refractivity contribution in [1.82, 2.24) is 9.97 Å². The van der Waals surface area contributed by atoms with Crippen molar-refractivity contribution >= 4 is 21.5 Å². The van der Waals surface area contributed by atoms with Crippen LogP contribution < -0.4 is 0 Å². The van der Waals surface area contributed by atoms with Gasteiger partial charge in [0, 0.05) is 24.8 Å². The van der Waals surface area contributed by atoms with E-state index < -0.39 is 0 Å². The van der Waals surface area contributed by atoms with Crippen molar-refractivity contribution < 1.29 is 0 Å². The third-order valence-electron chi connectivity index (χ3n) is 10.9. The third kappa shape index (κ3) is 6.24. The molecule has 2 aromatic heterocycles. The van der Waals surface area contributed by atoms with Crippen LogP contribution in [-0.2, 0) is 0 Å². The van der Waals surface area contributed by atoms with Crippen LogP contribution in [0.4, 0.5) is 0 Å². The van der Waals surface area contributed by atoms with Gasteiger partial charge in [-0.05, 0) is 148 Å². The van der Waals surface area contributed by atoms with E-state index >= 15 is 0 Å². The zero-order chi connectivity index (χ0) is 37.3. The van der Waals surface area contributed by atoms with E-state index in [9.17, 15) is 0 Å². The molecule has 262 valence electrons. The number of aromatic nitrogens is 2. The molecule has 56 heavy (non-hydrogen) atoms. The van der Waals surface area contributed by atoms with Gasteiger partial charge in [-0.1, -0.05) is 146 Å². The molecule has 10 rings (SSSR count). The van der Waals surface area contributed by atoms with Crippen molar-refractivity contribution in [3.05, 3.63) is 219 Å². The maximum atomic E-state index is 4.23. The minimum atomic E-state index is 1.15. The summed E-state index contributed by atoms with van der Waals surface area (Å²) in [5.41, 5.74) is 16.7. The van der Waals surface area contributed by atoms with Crippen LogP contribution in [0.2, 0.25) is 0 Å². The summed E-state index contributed by atoms with van der Waals surface area (Å²) in [6.07, 6.45) is 7.40. The summed E-state index contributed by atoms with van der Waals surface area (Å²) in [7, 11) is 0. The molecule has 0 saturated heterocycles. The molecule has 0 aliphatic heterocycles. The van der Waals surface area contributed by atoms with E-state index in [2.05, 4.69) is 204 Å². The molecular formula is C54H36N2. The molecule has 0 unspecified atom stereocenters. The van der Waals surface area contributed by atoms with Crippen molar-refractivity contribution in [2.45, 2.75) is 0 Å². The van der Waals surface area contributed by atoms with E-state index in [0.29, 0.717) is 0 Å². The molecule has 2 nitrogen and oxygen atoms in total. The highest BCUT2D eigenvalue weighted by atomic mass is 14.6. The third-order valence-corrected chi connectivity index (χ3v) is 10.9. The Hall–Kier alpha value is -7.42. The van der Waals surface area contributed by atoms with Gasteiger partial charge in [0.15, 0.2) is 0 Å². The van der Waals surface area contributed by atoms with Gasteiger partial charge < -0.3 is 0 Å². The zero-order valence-electron chi connectivity index (χ0n) is 30.7. The molecule has 0 radical (unpaired) electrons. The Labute approximate surface area is 327 Å². The molecule has 0 aliphatic carbocycles. The molecule has 0 bridgehead atoms. The molecule has 0 fully saturated rings. The summed E-state index contributed by atoms with van der Waals surface area (Å²) in [6, 6.07) is 70.6. The smallest absolute Gasteiger partial charge is 0.0273 e. The lowest BCUT2D eigenvalue weighted by molar-refractivity contribution is 1.33. The van der Waals surface area contributed by atoms with Gasteiger partial charge in [-0.3, -0.25) is 9.97 Å². The van der Waals surface area contributed by atoms with Gasteiger partial charge in [0.05, 0.1) is 0 Å². The van der Waals surface area contributed by atoms with Crippen LogP contribution in [0.1, 0.15) is 0 Å². The topological polar surface area (TPSA) is 25.8 Å². The van der Waals surface area contributed by atoms with Gasteiger partial charge in [-0.25, -0.2) is 0 Å². The molecule has 0 amide bonds. The minimum absolute atomic E-state index is 1.15. The molecule has 0 spiro atoms. The summed E-state index contributed by atoms with van der Waals surface area (Å²) in [5.74, 6) is 0. The van der Waals surface area contributed by atoms with Crippen LogP contribution >= 0.6 is 0 Å². The Kier molecular flexibility index (Phi) is 8.55. The number of nitrogens with zero attached hydrogens (tertiary/aromatic N) is 2. The summed E-state index contributed by atoms with van der Waals surface area (Å²) in [6.45, 7) is 0. The van der Waals surface area contributed by atoms with Crippen molar-refractivity contribution in [1.29, 1.82) is 0 Å². The Morgan fingerprint density at radius 2 is 0.518 bits per heavy atom. The first-order chi connectivity index (χ1) is 27.8. The van der Waals surface area contributed by atoms with Gasteiger partial charge in [0.25, 0.3) is 0 Å². The maximum Gasteiger partial charge on any atom is 0.0273 e. The second-order valence-electron chi connectivity index (χ2n) is 14.2. The molecule has 0 N–H and O–H groups in total. The highest BCUT2D eigenvalue weighted by Crippen LogP contribution is 2.46. The van der Waals surface area contributed by atoms with Gasteiger partial charge in [0.2, 0.25) is 0 Å². The number of hydrogen-bond donors (Lipinski definition) is 0. The lowest BCUT2D eigenvalue weighted by atomic mass is 9.84. The predicted octanol–water partition coefficient (Wildman–Crippen LogP) is 14.5. The largest absolute Gasteiger partial charge is 0.265 e. The number of fused-ring (bicyclic) bond motifs is 2. The molecule has 8 aromatic carbocycles. The number of hydrogen-bond acceptors (Lipinski definition) is 2. The fraction of sp³-hybridized carbons (Fsp3) is 0. The van der Waals surface area contributed by atoms with Crippen LogP contribution in [-0.4, -0.2) is 9.97 Å². The first kappa shape index (κ1) is 33.2. The van der Waals surface area contributed by atoms with Crippen LogP contribution in [0.25, 0.3) is 99.4 Å². The quantitative estimate of drug-likeness (QED) is 0.154. The van der Waals surface area contributed by atoms with Crippen molar-refractivity contribution in [2.75, 3.05) is 0 Å². The minimum Gasteiger partial charge on any atom is -0.265 e. The zero-order valence-corrected chi connectivity index (χ0v) is 30.7. The maximum absolute atomic E-state index is 4.23. The molecule has 0 aliphatic rings. The lowest BCUT2D eigenvalue weighted by Gasteiger charge is -2.19. The predicted molar refractivity (Wildman–Crippen MR) is 235 cm³/mol. The van der Waals surface area contributed by atoms with Crippen molar-refractivity contribution in [3.8, 4) is 77.9 Å². The Balaban J connectivity index is 1.22. The average molecular weight is 713 g/mol. The molecule has 2 heteroatoms. The second-order valence-corrected chi connectivity index (χ2v) is 14.2. The molecular weight excluding hydrogens is 677 g/mol. The van der Waals surface area contributed by atoms with Gasteiger partial charge in [-0.2, -0.15) is 0 Å². The van der Waals surface area contributed by atoms with E-state index in [1.165, 1.54) is 88.3 Å². The number of rotatable bonds is 7. The van der Waals surface area contributed by atoms with Crippen molar-refractivity contribution in [3.63, 3.8) is 0 Å². The monoisotopic (exact) mass is 712 g/mol. The number of pyridine rings is 2. The van der Waals surface area contributed by atoms with E-state index in [0.717, 1.165) is 11.1 Å². The van der Waals surface area contributed by atoms with E-state index in [4.69, 9.17) is 0 Å². The standard InChI is InChI=1S/C54H36N2/c1-3-9-37(10-4-1)46-33-47(38-11-5-2-6-12-38)35-48(34-46)45-23-24-51-52(36-45)54(44-21-17-40(18-22-44)42-27-31-56-32-28-42)50-14-8-7-13-49(50)53(51)43-19-15-39(16-20-43)41-25-29-55-30-26-41/h1-36H. The average Bonchev–Trinajstić information content (AvgIpc) is 3.29. The molecule has 0 atom stereocenters. The SMILES string of the molecule is c1ccc(-c2cc(-c3ccccc3)cc(-c3ccc4c(-c5ccc(-c6ccncc6)cc5)c5ccccc5c(-c5ccc(-c6ccncc6)cc5)c4c3)c2)cc1. The fourth-order valence-corrected chi connectivity index (χ4v) is 8.12. The van der Waals surface area contributed by atoms with Gasteiger partial charge >= 0.3 is 0 Å². The van der Waals surface area contributed by atoms with Gasteiger partial charge in [0.1, 0.15) is 0 Å². The van der Waals surface area contributed by atoms with E-state index in [1.807, 2.05) is 24.8 Å². The molecule has 0 saturated carbocycles. The Morgan fingerprint density at radius 1 is 0.196 bits per heavy atom. The van der Waals surface area contributed by atoms with Crippen molar-refractivity contribution in [2.24, 2.45) is 0 Å². The highest BCUT2D eigenvalue weighted by molar-refractivity contribution is 6.22. The van der Waals surface area contributed by atoms with Crippen LogP contribution in [0.15, 0.2) is 219 Å². The molecule has 2 heterocycles. The number of benzene rings is 8. The van der Waals surface area contributed by atoms with Gasteiger partial charge in [-0.15, -0.1) is 0 Å². The Bertz CT molecular complexity index is 2900. The fourth-order valence-electron chi connectivity index (χ4n) is 8.12. The second kappa shape index (κ2) is 14.4. The van der Waals surface area contributed by atoms with Crippen LogP contribution in [0, 0.1) is 0 Å². The normalized spacial score (nSPS) is 11.2. The summed E-state index contributed by atoms with van der Waals surface area (Å²) in [4.78, 5) is 8.46. The summed E-state index contributed by atoms with van der Waals surface area (Å²) < 4.78 is 0. The van der Waals surface area contributed by atoms with E-state index in [1.54, 1.807) is 0 Å². The first-order valence-corrected chi connectivity index (χ1v) is 19.0. The Morgan fingerprint density at radius 3 is 0.982 bits per heavy atom. The summed E-state index contributed by atoms with van der Waals surface area (Å²) in [5, 5.41) is 4.90. The van der Waals surface area contributed by atoms with E-state index in [-0.39, 0.29) is 0 Å². The molecule has 10 aromatic rings. The summed E-state index contributed by atoms with van der Waals surface area (Å²) >= 11 is 0. The lowest BCUT2D eigenvalue weighted by Crippen LogP contribution is -1.92. The van der Waals surface area contributed by atoms with Crippen LogP contribution in [0.5, 0.6) is 0 Å². The van der Waals surface area contributed by atoms with Crippen LogP contribution in [0.3, 0.4) is 0 Å².